The average Bonchev–Trinajstić information content (AvgIpc) is 3.81. The Balaban J connectivity index is 1.39. The minimum Gasteiger partial charge on any atom is -0.436 e. The van der Waals surface area contributed by atoms with Gasteiger partial charge in [0, 0.05) is 11.1 Å². The van der Waals surface area contributed by atoms with Gasteiger partial charge in [0.15, 0.2) is 5.58 Å². The second-order valence-electron chi connectivity index (χ2n) is 12.2. The van der Waals surface area contributed by atoms with Crippen LogP contribution >= 0.6 is 0 Å². The highest BCUT2D eigenvalue weighted by Crippen LogP contribution is 2.66. The van der Waals surface area contributed by atoms with Crippen LogP contribution in [0.2, 0.25) is 0 Å². The number of oxazole rings is 1. The Morgan fingerprint density at radius 2 is 1.02 bits per heavy atom. The molecule has 1 heterocycles. The molecule has 3 aliphatic carbocycles. The number of benzene rings is 7. The molecular formula is C42H23NO. The van der Waals surface area contributed by atoms with Gasteiger partial charge < -0.3 is 4.42 Å². The van der Waals surface area contributed by atoms with E-state index >= 15 is 0 Å². The Labute approximate surface area is 253 Å². The molecule has 44 heavy (non-hydrogen) atoms. The predicted octanol–water partition coefficient (Wildman–Crippen LogP) is 10.6. The Morgan fingerprint density at radius 1 is 0.432 bits per heavy atom. The van der Waals surface area contributed by atoms with Crippen LogP contribution < -0.4 is 0 Å². The maximum Gasteiger partial charge on any atom is 0.228 e. The molecular weight excluding hydrogens is 534 g/mol. The Hall–Kier alpha value is -5.73. The van der Waals surface area contributed by atoms with Crippen LogP contribution in [0.3, 0.4) is 0 Å². The lowest BCUT2D eigenvalue weighted by molar-refractivity contribution is 0.620. The number of rotatable bonds is 1. The highest BCUT2D eigenvalue weighted by molar-refractivity contribution is 6.20. The minimum absolute atomic E-state index is 0.447. The SMILES string of the molecule is c1ccc2c(c1)-c1ccccc1C21c2ccccc2-c2c1cc1c(c2-c2nc3ccccc3o2)-c2cccc3cccc-1c23. The Morgan fingerprint density at radius 3 is 1.75 bits per heavy atom. The number of hydrogen-bond acceptors (Lipinski definition) is 2. The molecule has 1 aromatic heterocycles. The van der Waals surface area contributed by atoms with E-state index in [0.717, 1.165) is 16.7 Å². The van der Waals surface area contributed by atoms with Gasteiger partial charge in [-0.25, -0.2) is 4.98 Å². The number of nitrogens with zero attached hydrogens (tertiary/aromatic N) is 1. The summed E-state index contributed by atoms with van der Waals surface area (Å²) in [5, 5.41) is 2.56. The summed E-state index contributed by atoms with van der Waals surface area (Å²) in [6.07, 6.45) is 0. The molecule has 0 fully saturated rings. The van der Waals surface area contributed by atoms with Gasteiger partial charge in [-0.05, 0) is 84.6 Å². The first-order chi connectivity index (χ1) is 21.8. The van der Waals surface area contributed by atoms with Gasteiger partial charge in [0.1, 0.15) is 5.52 Å². The van der Waals surface area contributed by atoms with Crippen molar-refractivity contribution < 1.29 is 4.42 Å². The van der Waals surface area contributed by atoms with E-state index in [0.29, 0.717) is 5.89 Å². The fraction of sp³-hybridized carbons (Fsp3) is 0.0238. The lowest BCUT2D eigenvalue weighted by Crippen LogP contribution is -2.26. The number of fused-ring (bicyclic) bond motifs is 14. The standard InChI is InChI=1S/C42H23NO/c1-4-18-31-25(13-1)26-14-2-5-19-32(26)42(31)33-20-6-3-15-28(33)39-34(42)23-30-27-16-9-11-24-12-10-17-29(37(24)27)38(30)40(39)41-43-35-21-7-8-22-36(35)44-41/h1-23H. The molecule has 202 valence electrons. The summed E-state index contributed by atoms with van der Waals surface area (Å²) in [6, 6.07) is 50.9. The first-order valence-electron chi connectivity index (χ1n) is 15.2. The van der Waals surface area contributed by atoms with Gasteiger partial charge in [-0.15, -0.1) is 0 Å². The zero-order chi connectivity index (χ0) is 28.6. The average molecular weight is 558 g/mol. The molecule has 0 saturated carbocycles. The molecule has 0 saturated heterocycles. The van der Waals surface area contributed by atoms with Gasteiger partial charge in [-0.2, -0.15) is 0 Å². The lowest BCUT2D eigenvalue weighted by atomic mass is 9.70. The van der Waals surface area contributed by atoms with Crippen molar-refractivity contribution in [3.05, 3.63) is 162 Å². The van der Waals surface area contributed by atoms with E-state index in [4.69, 9.17) is 9.40 Å². The first-order valence-corrected chi connectivity index (χ1v) is 15.2. The number of aromatic nitrogens is 1. The van der Waals surface area contributed by atoms with Crippen molar-refractivity contribution in [2.45, 2.75) is 5.41 Å². The molecule has 8 aromatic rings. The summed E-state index contributed by atoms with van der Waals surface area (Å²) in [5.41, 5.74) is 17.7. The third kappa shape index (κ3) is 2.50. The van der Waals surface area contributed by atoms with Crippen LogP contribution in [0.15, 0.2) is 144 Å². The zero-order valence-corrected chi connectivity index (χ0v) is 23.6. The van der Waals surface area contributed by atoms with E-state index in [1.807, 2.05) is 24.3 Å². The van der Waals surface area contributed by atoms with Crippen LogP contribution in [0.1, 0.15) is 22.3 Å². The molecule has 11 rings (SSSR count). The van der Waals surface area contributed by atoms with Crippen LogP contribution in [-0.4, -0.2) is 4.98 Å². The molecule has 1 spiro atoms. The summed E-state index contributed by atoms with van der Waals surface area (Å²) < 4.78 is 6.69. The van der Waals surface area contributed by atoms with Crippen LogP contribution in [0.5, 0.6) is 0 Å². The van der Waals surface area contributed by atoms with E-state index in [-0.39, 0.29) is 0 Å². The molecule has 0 bridgehead atoms. The molecule has 0 radical (unpaired) electrons. The van der Waals surface area contributed by atoms with E-state index < -0.39 is 5.41 Å². The van der Waals surface area contributed by atoms with Gasteiger partial charge >= 0.3 is 0 Å². The summed E-state index contributed by atoms with van der Waals surface area (Å²) >= 11 is 0. The molecule has 0 aliphatic heterocycles. The van der Waals surface area contributed by atoms with Crippen LogP contribution in [0.4, 0.5) is 0 Å². The van der Waals surface area contributed by atoms with E-state index in [1.54, 1.807) is 0 Å². The van der Waals surface area contributed by atoms with E-state index in [2.05, 4.69) is 115 Å². The van der Waals surface area contributed by atoms with Gasteiger partial charge in [-0.1, -0.05) is 121 Å². The minimum atomic E-state index is -0.447. The van der Waals surface area contributed by atoms with E-state index in [9.17, 15) is 0 Å². The fourth-order valence-electron chi connectivity index (χ4n) is 8.71. The van der Waals surface area contributed by atoms with Crippen molar-refractivity contribution >= 4 is 21.9 Å². The molecule has 0 amide bonds. The molecule has 2 nitrogen and oxygen atoms in total. The summed E-state index contributed by atoms with van der Waals surface area (Å²) in [6.45, 7) is 0. The molecule has 2 heteroatoms. The van der Waals surface area contributed by atoms with Crippen LogP contribution in [0, 0.1) is 0 Å². The van der Waals surface area contributed by atoms with Gasteiger partial charge in [0.2, 0.25) is 5.89 Å². The molecule has 7 aromatic carbocycles. The Bertz CT molecular complexity index is 2480. The largest absolute Gasteiger partial charge is 0.436 e. The predicted molar refractivity (Wildman–Crippen MR) is 178 cm³/mol. The van der Waals surface area contributed by atoms with Crippen LogP contribution in [0.25, 0.3) is 77.8 Å². The highest BCUT2D eigenvalue weighted by Gasteiger charge is 2.53. The summed E-state index contributed by atoms with van der Waals surface area (Å²) in [4.78, 5) is 5.17. The first kappa shape index (κ1) is 22.8. The third-order valence-electron chi connectivity index (χ3n) is 10.3. The smallest absolute Gasteiger partial charge is 0.228 e. The van der Waals surface area contributed by atoms with Crippen molar-refractivity contribution in [2.24, 2.45) is 0 Å². The lowest BCUT2D eigenvalue weighted by Gasteiger charge is -2.31. The molecule has 0 N–H and O–H groups in total. The fourth-order valence-corrected chi connectivity index (χ4v) is 8.71. The summed E-state index contributed by atoms with van der Waals surface area (Å²) in [5.74, 6) is 0.676. The quantitative estimate of drug-likeness (QED) is 0.201. The third-order valence-corrected chi connectivity index (χ3v) is 10.3. The zero-order valence-electron chi connectivity index (χ0n) is 23.6. The second-order valence-corrected chi connectivity index (χ2v) is 12.2. The highest BCUT2D eigenvalue weighted by atomic mass is 16.3. The maximum absolute atomic E-state index is 6.69. The normalized spacial score (nSPS) is 14.1. The van der Waals surface area contributed by atoms with Crippen molar-refractivity contribution in [3.8, 4) is 56.0 Å². The maximum atomic E-state index is 6.69. The molecule has 3 aliphatic rings. The Kier molecular flexibility index (Phi) is 4.05. The van der Waals surface area contributed by atoms with Crippen molar-refractivity contribution in [1.29, 1.82) is 0 Å². The van der Waals surface area contributed by atoms with Crippen molar-refractivity contribution in [1.82, 2.24) is 4.98 Å². The van der Waals surface area contributed by atoms with Gasteiger partial charge in [0.25, 0.3) is 0 Å². The second kappa shape index (κ2) is 7.80. The van der Waals surface area contributed by atoms with Gasteiger partial charge in [0.05, 0.1) is 11.0 Å². The number of para-hydroxylation sites is 2. The van der Waals surface area contributed by atoms with Crippen molar-refractivity contribution in [3.63, 3.8) is 0 Å². The number of hydrogen-bond donors (Lipinski definition) is 0. The topological polar surface area (TPSA) is 26.0 Å². The monoisotopic (exact) mass is 557 g/mol. The van der Waals surface area contributed by atoms with Gasteiger partial charge in [-0.3, -0.25) is 0 Å². The van der Waals surface area contributed by atoms with Crippen molar-refractivity contribution in [2.75, 3.05) is 0 Å². The summed E-state index contributed by atoms with van der Waals surface area (Å²) in [7, 11) is 0. The van der Waals surface area contributed by atoms with E-state index in [1.165, 1.54) is 77.5 Å². The molecule has 0 atom stereocenters. The van der Waals surface area contributed by atoms with Crippen LogP contribution in [-0.2, 0) is 5.41 Å². The molecule has 0 unspecified atom stereocenters.